The Hall–Kier alpha value is -2.50. The molecule has 21 heavy (non-hydrogen) atoms. The number of aryl methyl sites for hydroxylation is 1. The minimum Gasteiger partial charge on any atom is -0.457 e. The van der Waals surface area contributed by atoms with Gasteiger partial charge in [-0.25, -0.2) is 0 Å². The minimum absolute atomic E-state index is 0.644. The van der Waals surface area contributed by atoms with Crippen LogP contribution in [0, 0.1) is 18.3 Å². The van der Waals surface area contributed by atoms with Crippen LogP contribution in [-0.4, -0.2) is 0 Å². The summed E-state index contributed by atoms with van der Waals surface area (Å²) in [6.07, 6.45) is 0. The van der Waals surface area contributed by atoms with Gasteiger partial charge < -0.3 is 4.74 Å². The van der Waals surface area contributed by atoms with Crippen molar-refractivity contribution < 1.29 is 4.74 Å². The molecule has 0 atom stereocenters. The Balaban J connectivity index is 2.09. The third-order valence-electron chi connectivity index (χ3n) is 3.36. The van der Waals surface area contributed by atoms with Crippen molar-refractivity contribution >= 4 is 22.4 Å². The lowest BCUT2D eigenvalue weighted by Gasteiger charge is -2.11. The van der Waals surface area contributed by atoms with Crippen LogP contribution >= 0.6 is 11.6 Å². The molecule has 0 unspecified atom stereocenters. The zero-order valence-electron chi connectivity index (χ0n) is 11.4. The van der Waals surface area contributed by atoms with Crippen LogP contribution in [0.25, 0.3) is 10.8 Å². The highest BCUT2D eigenvalue weighted by Crippen LogP contribution is 2.32. The maximum atomic E-state index is 9.18. The number of benzene rings is 3. The predicted molar refractivity (Wildman–Crippen MR) is 84.9 cm³/mol. The lowest BCUT2D eigenvalue weighted by molar-refractivity contribution is 0.488. The van der Waals surface area contributed by atoms with E-state index in [9.17, 15) is 5.26 Å². The number of rotatable bonds is 2. The Morgan fingerprint density at radius 2 is 1.76 bits per heavy atom. The van der Waals surface area contributed by atoms with Gasteiger partial charge in [0.2, 0.25) is 0 Å². The average molecular weight is 294 g/mol. The van der Waals surface area contributed by atoms with Crippen molar-refractivity contribution in [3.05, 3.63) is 70.7 Å². The molecule has 0 bridgehead atoms. The van der Waals surface area contributed by atoms with Gasteiger partial charge in [0.15, 0.2) is 0 Å². The number of ether oxygens (including phenoxy) is 1. The van der Waals surface area contributed by atoms with E-state index in [0.29, 0.717) is 10.6 Å². The second kappa shape index (κ2) is 5.47. The smallest absolute Gasteiger partial charge is 0.135 e. The molecule has 0 aliphatic heterocycles. The van der Waals surface area contributed by atoms with Gasteiger partial charge in [0.05, 0.1) is 11.6 Å². The molecule has 102 valence electrons. The van der Waals surface area contributed by atoms with Crippen LogP contribution < -0.4 is 4.74 Å². The number of fused-ring (bicyclic) bond motifs is 1. The zero-order chi connectivity index (χ0) is 14.8. The SMILES string of the molecule is Cc1cc(Oc2ccc(C#N)c3ccccc23)ccc1Cl. The summed E-state index contributed by atoms with van der Waals surface area (Å²) >= 11 is 6.03. The molecule has 0 heterocycles. The molecule has 3 aromatic carbocycles. The van der Waals surface area contributed by atoms with E-state index in [1.165, 1.54) is 0 Å². The quantitative estimate of drug-likeness (QED) is 0.628. The van der Waals surface area contributed by atoms with Gasteiger partial charge in [0.25, 0.3) is 0 Å². The highest BCUT2D eigenvalue weighted by molar-refractivity contribution is 6.31. The number of hydrogen-bond donors (Lipinski definition) is 0. The van der Waals surface area contributed by atoms with Crippen molar-refractivity contribution in [2.24, 2.45) is 0 Å². The topological polar surface area (TPSA) is 33.0 Å². The summed E-state index contributed by atoms with van der Waals surface area (Å²) in [6, 6.07) is 19.1. The maximum Gasteiger partial charge on any atom is 0.135 e. The van der Waals surface area contributed by atoms with E-state index >= 15 is 0 Å². The highest BCUT2D eigenvalue weighted by Gasteiger charge is 2.08. The van der Waals surface area contributed by atoms with E-state index in [2.05, 4.69) is 6.07 Å². The normalized spacial score (nSPS) is 10.3. The molecule has 0 spiro atoms. The van der Waals surface area contributed by atoms with Crippen molar-refractivity contribution in [3.63, 3.8) is 0 Å². The Labute approximate surface area is 128 Å². The third kappa shape index (κ3) is 2.56. The maximum absolute atomic E-state index is 9.18. The fourth-order valence-electron chi connectivity index (χ4n) is 2.27. The van der Waals surface area contributed by atoms with Gasteiger partial charge in [-0.05, 0) is 42.8 Å². The monoisotopic (exact) mass is 293 g/mol. The summed E-state index contributed by atoms with van der Waals surface area (Å²) in [5, 5.41) is 11.7. The van der Waals surface area contributed by atoms with E-state index in [1.54, 1.807) is 6.07 Å². The summed E-state index contributed by atoms with van der Waals surface area (Å²) in [5.41, 5.74) is 1.61. The number of hydrogen-bond acceptors (Lipinski definition) is 2. The highest BCUT2D eigenvalue weighted by atomic mass is 35.5. The van der Waals surface area contributed by atoms with Crippen LogP contribution in [0.2, 0.25) is 5.02 Å². The summed E-state index contributed by atoms with van der Waals surface area (Å²) in [5.74, 6) is 1.46. The molecule has 0 saturated heterocycles. The Morgan fingerprint density at radius 1 is 1.00 bits per heavy atom. The molecule has 0 N–H and O–H groups in total. The molecule has 0 aliphatic rings. The van der Waals surface area contributed by atoms with Crippen LogP contribution in [-0.2, 0) is 0 Å². The van der Waals surface area contributed by atoms with Gasteiger partial charge >= 0.3 is 0 Å². The van der Waals surface area contributed by atoms with E-state index in [4.69, 9.17) is 16.3 Å². The molecular formula is C18H12ClNO. The van der Waals surface area contributed by atoms with Crippen LogP contribution in [0.3, 0.4) is 0 Å². The molecule has 3 heteroatoms. The van der Waals surface area contributed by atoms with Crippen molar-refractivity contribution in [2.75, 3.05) is 0 Å². The van der Waals surface area contributed by atoms with E-state index < -0.39 is 0 Å². The molecule has 2 nitrogen and oxygen atoms in total. The largest absolute Gasteiger partial charge is 0.457 e. The van der Waals surface area contributed by atoms with Crippen molar-refractivity contribution in [2.45, 2.75) is 6.92 Å². The molecule has 0 aliphatic carbocycles. The van der Waals surface area contributed by atoms with Gasteiger partial charge in [0, 0.05) is 15.8 Å². The molecule has 0 amide bonds. The molecule has 0 fully saturated rings. The lowest BCUT2D eigenvalue weighted by atomic mass is 10.0. The molecule has 0 saturated carbocycles. The fourth-order valence-corrected chi connectivity index (χ4v) is 2.38. The number of halogens is 1. The lowest BCUT2D eigenvalue weighted by Crippen LogP contribution is -1.89. The number of nitriles is 1. The van der Waals surface area contributed by atoms with E-state index in [-0.39, 0.29) is 0 Å². The first-order chi connectivity index (χ1) is 10.2. The molecule has 0 aromatic heterocycles. The first-order valence-electron chi connectivity index (χ1n) is 6.55. The molecule has 3 rings (SSSR count). The van der Waals surface area contributed by atoms with Gasteiger partial charge in [-0.2, -0.15) is 5.26 Å². The second-order valence-corrected chi connectivity index (χ2v) is 5.19. The standard InChI is InChI=1S/C18H12ClNO/c1-12-10-14(7-8-17(12)19)21-18-9-6-13(11-20)15-4-2-3-5-16(15)18/h2-10H,1H3. The van der Waals surface area contributed by atoms with Gasteiger partial charge in [0.1, 0.15) is 11.5 Å². The molecular weight excluding hydrogens is 282 g/mol. The average Bonchev–Trinajstić information content (AvgIpc) is 2.51. The Bertz CT molecular complexity index is 865. The Morgan fingerprint density at radius 3 is 2.48 bits per heavy atom. The second-order valence-electron chi connectivity index (χ2n) is 4.78. The van der Waals surface area contributed by atoms with Crippen molar-refractivity contribution in [3.8, 4) is 17.6 Å². The van der Waals surface area contributed by atoms with Crippen LogP contribution in [0.4, 0.5) is 0 Å². The first-order valence-corrected chi connectivity index (χ1v) is 6.92. The van der Waals surface area contributed by atoms with Crippen LogP contribution in [0.1, 0.15) is 11.1 Å². The fraction of sp³-hybridized carbons (Fsp3) is 0.0556. The summed E-state index contributed by atoms with van der Waals surface area (Å²) in [6.45, 7) is 1.94. The third-order valence-corrected chi connectivity index (χ3v) is 3.79. The van der Waals surface area contributed by atoms with Crippen molar-refractivity contribution in [1.29, 1.82) is 5.26 Å². The summed E-state index contributed by atoms with van der Waals surface area (Å²) in [7, 11) is 0. The van der Waals surface area contributed by atoms with Crippen LogP contribution in [0.15, 0.2) is 54.6 Å². The predicted octanol–water partition coefficient (Wildman–Crippen LogP) is 5.47. The van der Waals surface area contributed by atoms with Crippen molar-refractivity contribution in [1.82, 2.24) is 0 Å². The van der Waals surface area contributed by atoms with E-state index in [1.807, 2.05) is 55.5 Å². The Kier molecular flexibility index (Phi) is 3.51. The van der Waals surface area contributed by atoms with Gasteiger partial charge in [-0.15, -0.1) is 0 Å². The van der Waals surface area contributed by atoms with Gasteiger partial charge in [-0.3, -0.25) is 0 Å². The molecule has 0 radical (unpaired) electrons. The van der Waals surface area contributed by atoms with E-state index in [0.717, 1.165) is 27.8 Å². The van der Waals surface area contributed by atoms with Gasteiger partial charge in [-0.1, -0.05) is 35.9 Å². The zero-order valence-corrected chi connectivity index (χ0v) is 12.2. The first kappa shape index (κ1) is 13.5. The summed E-state index contributed by atoms with van der Waals surface area (Å²) < 4.78 is 5.96. The number of nitrogens with zero attached hydrogens (tertiary/aromatic N) is 1. The van der Waals surface area contributed by atoms with Crippen LogP contribution in [0.5, 0.6) is 11.5 Å². The minimum atomic E-state index is 0.644. The molecule has 3 aromatic rings. The summed E-state index contributed by atoms with van der Waals surface area (Å²) in [4.78, 5) is 0.